The number of amides is 2. The first-order valence-corrected chi connectivity index (χ1v) is 10.3. The third-order valence-electron chi connectivity index (χ3n) is 6.24. The maximum Gasteiger partial charge on any atom is 0.292 e. The minimum atomic E-state index is -0.341. The van der Waals surface area contributed by atoms with E-state index in [2.05, 4.69) is 4.90 Å². The molecule has 0 saturated carbocycles. The van der Waals surface area contributed by atoms with E-state index in [-0.39, 0.29) is 30.1 Å². The predicted molar refractivity (Wildman–Crippen MR) is 114 cm³/mol. The van der Waals surface area contributed by atoms with Crippen molar-refractivity contribution in [2.45, 2.75) is 12.5 Å². The van der Waals surface area contributed by atoms with Crippen molar-refractivity contribution in [1.82, 2.24) is 0 Å². The van der Waals surface area contributed by atoms with Gasteiger partial charge in [-0.3, -0.25) is 9.59 Å². The molecule has 5 rings (SSSR count). The fourth-order valence-corrected chi connectivity index (χ4v) is 4.66. The van der Waals surface area contributed by atoms with Crippen LogP contribution in [0.1, 0.15) is 6.42 Å². The van der Waals surface area contributed by atoms with Crippen LogP contribution in [0.3, 0.4) is 0 Å². The summed E-state index contributed by atoms with van der Waals surface area (Å²) in [5.74, 6) is -0.483. The molecule has 6 heteroatoms. The fourth-order valence-electron chi connectivity index (χ4n) is 4.66. The summed E-state index contributed by atoms with van der Waals surface area (Å²) in [6, 6.07) is 19.7. The van der Waals surface area contributed by atoms with Crippen molar-refractivity contribution in [2.75, 3.05) is 36.0 Å². The van der Waals surface area contributed by atoms with E-state index in [0.717, 1.165) is 47.5 Å². The van der Waals surface area contributed by atoms with Gasteiger partial charge in [-0.1, -0.05) is 36.4 Å². The molecule has 1 N–H and O–H groups in total. The van der Waals surface area contributed by atoms with Crippen molar-refractivity contribution in [2.24, 2.45) is 0 Å². The molecule has 0 aromatic heterocycles. The van der Waals surface area contributed by atoms with E-state index >= 15 is 0 Å². The van der Waals surface area contributed by atoms with Crippen LogP contribution >= 0.6 is 0 Å². The lowest BCUT2D eigenvalue weighted by Crippen LogP contribution is -3.19. The number of imide groups is 1. The molecule has 2 aliphatic rings. The highest BCUT2D eigenvalue weighted by Crippen LogP contribution is 2.30. The van der Waals surface area contributed by atoms with Crippen LogP contribution in [0.2, 0.25) is 0 Å². The smallest absolute Gasteiger partial charge is 0.292 e. The Hall–Kier alpha value is -3.25. The highest BCUT2D eigenvalue weighted by Gasteiger charge is 2.46. The molecule has 0 unspecified atom stereocenters. The van der Waals surface area contributed by atoms with Gasteiger partial charge in [-0.05, 0) is 35.7 Å². The lowest BCUT2D eigenvalue weighted by Gasteiger charge is -2.35. The van der Waals surface area contributed by atoms with Crippen molar-refractivity contribution in [1.29, 1.82) is 0 Å². The first-order valence-electron chi connectivity index (χ1n) is 10.3. The Kier molecular flexibility index (Phi) is 4.71. The van der Waals surface area contributed by atoms with Crippen LogP contribution in [-0.2, 0) is 9.59 Å². The summed E-state index contributed by atoms with van der Waals surface area (Å²) >= 11 is 0. The number of quaternary nitrogens is 1. The molecular weight excluding hydrogens is 381 g/mol. The zero-order valence-electron chi connectivity index (χ0n) is 16.6. The van der Waals surface area contributed by atoms with Gasteiger partial charge in [0.15, 0.2) is 6.04 Å². The number of hydrogen-bond donors (Lipinski definition) is 1. The molecule has 3 aromatic carbocycles. The van der Waals surface area contributed by atoms with E-state index in [9.17, 15) is 14.0 Å². The molecule has 0 bridgehead atoms. The molecular formula is C24H23FN3O2+. The number of nitrogens with one attached hydrogen (secondary N) is 1. The third kappa shape index (κ3) is 3.23. The molecule has 152 valence electrons. The minimum Gasteiger partial charge on any atom is -0.360 e. The number of halogens is 1. The molecule has 0 aliphatic carbocycles. The van der Waals surface area contributed by atoms with Gasteiger partial charge in [0, 0.05) is 11.1 Å². The second kappa shape index (κ2) is 7.54. The summed E-state index contributed by atoms with van der Waals surface area (Å²) in [5, 5.41) is 1.93. The van der Waals surface area contributed by atoms with Gasteiger partial charge in [-0.2, -0.15) is 0 Å². The maximum atomic E-state index is 13.3. The second-order valence-electron chi connectivity index (χ2n) is 7.94. The number of rotatable bonds is 3. The molecule has 0 radical (unpaired) electrons. The van der Waals surface area contributed by atoms with E-state index in [0.29, 0.717) is 5.69 Å². The standard InChI is InChI=1S/C24H22FN3O2/c25-18-8-10-19(11-9-18)26-12-14-27(15-13-26)22-16-23(29)28(24(22)30)21-7-3-5-17-4-1-2-6-20(17)21/h1-11,22H,12-16H2/p+1/t22-/m0/s1. The van der Waals surface area contributed by atoms with Gasteiger partial charge in [-0.15, -0.1) is 0 Å². The van der Waals surface area contributed by atoms with Crippen molar-refractivity contribution in [3.05, 3.63) is 72.5 Å². The largest absolute Gasteiger partial charge is 0.360 e. The van der Waals surface area contributed by atoms with Crippen LogP contribution in [0.25, 0.3) is 10.8 Å². The third-order valence-corrected chi connectivity index (χ3v) is 6.24. The molecule has 1 atom stereocenters. The van der Waals surface area contributed by atoms with Crippen LogP contribution in [0.4, 0.5) is 15.8 Å². The quantitative estimate of drug-likeness (QED) is 0.680. The van der Waals surface area contributed by atoms with Gasteiger partial charge >= 0.3 is 0 Å². The van der Waals surface area contributed by atoms with Gasteiger partial charge in [0.2, 0.25) is 5.91 Å². The Bertz CT molecular complexity index is 1100. The first-order chi connectivity index (χ1) is 14.6. The molecule has 2 amide bonds. The van der Waals surface area contributed by atoms with E-state index in [1.807, 2.05) is 42.5 Å². The molecule has 2 fully saturated rings. The first kappa shape index (κ1) is 18.8. The maximum absolute atomic E-state index is 13.3. The van der Waals surface area contributed by atoms with Gasteiger partial charge in [-0.25, -0.2) is 9.29 Å². The number of anilines is 2. The zero-order valence-corrected chi connectivity index (χ0v) is 16.6. The summed E-state index contributed by atoms with van der Waals surface area (Å²) < 4.78 is 13.2. The molecule has 3 aromatic rings. The van der Waals surface area contributed by atoms with Crippen molar-refractivity contribution >= 4 is 34.0 Å². The summed E-state index contributed by atoms with van der Waals surface area (Å²) in [7, 11) is 0. The Labute approximate surface area is 174 Å². The van der Waals surface area contributed by atoms with Crippen molar-refractivity contribution in [3.8, 4) is 0 Å². The summed E-state index contributed by atoms with van der Waals surface area (Å²) in [6.07, 6.45) is 0.244. The van der Waals surface area contributed by atoms with Crippen LogP contribution < -0.4 is 14.7 Å². The van der Waals surface area contributed by atoms with Gasteiger partial charge in [0.1, 0.15) is 5.82 Å². The molecule has 30 heavy (non-hydrogen) atoms. The topological polar surface area (TPSA) is 45.1 Å². The number of carbonyl (C=O) groups is 2. The predicted octanol–water partition coefficient (Wildman–Crippen LogP) is 2.02. The van der Waals surface area contributed by atoms with E-state index < -0.39 is 0 Å². The van der Waals surface area contributed by atoms with Crippen molar-refractivity contribution < 1.29 is 18.9 Å². The average molecular weight is 404 g/mol. The number of hydrogen-bond acceptors (Lipinski definition) is 3. The Balaban J connectivity index is 1.33. The summed E-state index contributed by atoms with van der Waals surface area (Å²) in [6.45, 7) is 3.08. The number of nitrogens with zero attached hydrogens (tertiary/aromatic N) is 2. The normalized spacial score (nSPS) is 20.4. The highest BCUT2D eigenvalue weighted by molar-refractivity contribution is 6.24. The summed E-state index contributed by atoms with van der Waals surface area (Å²) in [4.78, 5) is 30.9. The van der Waals surface area contributed by atoms with E-state index in [1.165, 1.54) is 17.0 Å². The zero-order chi connectivity index (χ0) is 20.7. The van der Waals surface area contributed by atoms with Crippen LogP contribution in [-0.4, -0.2) is 44.0 Å². The Morgan fingerprint density at radius 2 is 1.57 bits per heavy atom. The fraction of sp³-hybridized carbons (Fsp3) is 0.250. The van der Waals surface area contributed by atoms with Crippen molar-refractivity contribution in [3.63, 3.8) is 0 Å². The van der Waals surface area contributed by atoms with E-state index in [1.54, 1.807) is 12.1 Å². The SMILES string of the molecule is O=C1C[C@H]([NH+]2CCN(c3ccc(F)cc3)CC2)C(=O)N1c1cccc2ccccc12. The van der Waals surface area contributed by atoms with Crippen LogP contribution in [0, 0.1) is 5.82 Å². The molecule has 0 spiro atoms. The molecule has 5 nitrogen and oxygen atoms in total. The molecule has 2 saturated heterocycles. The average Bonchev–Trinajstić information content (AvgIpc) is 3.08. The Morgan fingerprint density at radius 3 is 2.33 bits per heavy atom. The summed E-state index contributed by atoms with van der Waals surface area (Å²) in [5.41, 5.74) is 1.66. The van der Waals surface area contributed by atoms with Gasteiger partial charge in [0.25, 0.3) is 5.91 Å². The number of fused-ring (bicyclic) bond motifs is 1. The van der Waals surface area contributed by atoms with Crippen LogP contribution in [0.5, 0.6) is 0 Å². The Morgan fingerprint density at radius 1 is 0.867 bits per heavy atom. The monoisotopic (exact) mass is 404 g/mol. The van der Waals surface area contributed by atoms with Gasteiger partial charge < -0.3 is 9.80 Å². The molecule has 2 aliphatic heterocycles. The van der Waals surface area contributed by atoms with Crippen LogP contribution in [0.15, 0.2) is 66.7 Å². The van der Waals surface area contributed by atoms with Gasteiger partial charge in [0.05, 0.1) is 38.3 Å². The minimum absolute atomic E-state index is 0.110. The molecule has 2 heterocycles. The van der Waals surface area contributed by atoms with E-state index in [4.69, 9.17) is 0 Å². The lowest BCUT2D eigenvalue weighted by atomic mass is 10.1. The lowest BCUT2D eigenvalue weighted by molar-refractivity contribution is -0.915. The highest BCUT2D eigenvalue weighted by atomic mass is 19.1. The second-order valence-corrected chi connectivity index (χ2v) is 7.94. The number of carbonyl (C=O) groups excluding carboxylic acids is 2. The number of piperazine rings is 1. The number of benzene rings is 3.